The highest BCUT2D eigenvalue weighted by Crippen LogP contribution is 2.25. The van der Waals surface area contributed by atoms with Crippen LogP contribution in [0.3, 0.4) is 0 Å². The first-order valence-electron chi connectivity index (χ1n) is 11.0. The van der Waals surface area contributed by atoms with Gasteiger partial charge in [-0.1, -0.05) is 43.7 Å². The molecule has 31 heavy (non-hydrogen) atoms. The Morgan fingerprint density at radius 2 is 1.74 bits per heavy atom. The molecule has 1 aliphatic heterocycles. The van der Waals surface area contributed by atoms with E-state index < -0.39 is 10.0 Å². The highest BCUT2D eigenvalue weighted by atomic mass is 32.2. The Labute approximate surface area is 185 Å². The number of hydrogen-bond acceptors (Lipinski definition) is 4. The molecular weight excluding hydrogens is 412 g/mol. The maximum absolute atomic E-state index is 12.7. The monoisotopic (exact) mass is 444 g/mol. The van der Waals surface area contributed by atoms with Crippen LogP contribution in [0.2, 0.25) is 0 Å². The Morgan fingerprint density at radius 1 is 1.06 bits per heavy atom. The van der Waals surface area contributed by atoms with E-state index in [-0.39, 0.29) is 11.8 Å². The molecule has 168 valence electrons. The Bertz CT molecular complexity index is 922. The van der Waals surface area contributed by atoms with Gasteiger partial charge >= 0.3 is 0 Å². The molecule has 1 N–H and O–H groups in total. The van der Waals surface area contributed by atoms with Gasteiger partial charge in [-0.25, -0.2) is 8.42 Å². The van der Waals surface area contributed by atoms with Gasteiger partial charge in [0.15, 0.2) is 0 Å². The van der Waals surface area contributed by atoms with Crippen molar-refractivity contribution in [2.75, 3.05) is 19.7 Å². The van der Waals surface area contributed by atoms with Gasteiger partial charge in [0.05, 0.1) is 11.5 Å². The summed E-state index contributed by atoms with van der Waals surface area (Å²) in [7, 11) is -3.45. The van der Waals surface area contributed by atoms with Crippen LogP contribution in [0.4, 0.5) is 0 Å². The predicted octanol–water partition coefficient (Wildman–Crippen LogP) is 3.97. The summed E-state index contributed by atoms with van der Waals surface area (Å²) in [4.78, 5) is 12.7. The van der Waals surface area contributed by atoms with Crippen LogP contribution < -0.4 is 10.1 Å². The number of ether oxygens (including phenoxy) is 1. The van der Waals surface area contributed by atoms with Crippen LogP contribution in [0, 0.1) is 5.92 Å². The molecule has 0 aromatic heterocycles. The average molecular weight is 445 g/mol. The Morgan fingerprint density at radius 3 is 2.39 bits per heavy atom. The van der Waals surface area contributed by atoms with Crippen molar-refractivity contribution in [3.8, 4) is 5.75 Å². The van der Waals surface area contributed by atoms with Crippen molar-refractivity contribution in [1.29, 1.82) is 0 Å². The van der Waals surface area contributed by atoms with Gasteiger partial charge in [0, 0.05) is 26.1 Å². The second-order valence-electron chi connectivity index (χ2n) is 7.99. The normalized spacial score (nSPS) is 15.5. The number of hydrogen-bond donors (Lipinski definition) is 1. The number of benzene rings is 2. The van der Waals surface area contributed by atoms with E-state index in [1.807, 2.05) is 24.3 Å². The number of rotatable bonds is 10. The molecule has 0 radical (unpaired) electrons. The number of piperidine rings is 1. The van der Waals surface area contributed by atoms with Gasteiger partial charge in [0.2, 0.25) is 15.9 Å². The van der Waals surface area contributed by atoms with E-state index in [1.54, 1.807) is 30.3 Å². The predicted molar refractivity (Wildman–Crippen MR) is 121 cm³/mol. The van der Waals surface area contributed by atoms with Crippen molar-refractivity contribution in [1.82, 2.24) is 9.62 Å². The molecule has 2 aromatic rings. The molecule has 6 nitrogen and oxygen atoms in total. The Hall–Kier alpha value is -2.38. The minimum atomic E-state index is -3.45. The van der Waals surface area contributed by atoms with E-state index in [4.69, 9.17) is 4.74 Å². The van der Waals surface area contributed by atoms with Crippen LogP contribution in [0.25, 0.3) is 0 Å². The van der Waals surface area contributed by atoms with Gasteiger partial charge in [-0.2, -0.15) is 4.31 Å². The molecule has 3 rings (SSSR count). The Balaban J connectivity index is 1.40. The molecule has 1 aliphatic rings. The molecule has 0 atom stereocenters. The van der Waals surface area contributed by atoms with Gasteiger partial charge in [0.25, 0.3) is 0 Å². The largest absolute Gasteiger partial charge is 0.494 e. The fourth-order valence-corrected chi connectivity index (χ4v) is 5.16. The summed E-state index contributed by atoms with van der Waals surface area (Å²) in [6, 6.07) is 16.3. The van der Waals surface area contributed by atoms with Gasteiger partial charge < -0.3 is 10.1 Å². The highest BCUT2D eigenvalue weighted by Gasteiger charge is 2.29. The molecule has 0 unspecified atom stereocenters. The van der Waals surface area contributed by atoms with E-state index in [0.717, 1.165) is 30.8 Å². The number of carbonyl (C=O) groups excluding carboxylic acids is 1. The van der Waals surface area contributed by atoms with Gasteiger partial charge in [-0.3, -0.25) is 4.79 Å². The third kappa shape index (κ3) is 6.80. The summed E-state index contributed by atoms with van der Waals surface area (Å²) in [6.07, 6.45) is 3.96. The number of nitrogens with zero attached hydrogens (tertiary/aromatic N) is 1. The lowest BCUT2D eigenvalue weighted by atomic mass is 9.94. The van der Waals surface area contributed by atoms with Crippen molar-refractivity contribution >= 4 is 15.9 Å². The third-order valence-corrected chi connectivity index (χ3v) is 7.52. The van der Waals surface area contributed by atoms with E-state index in [2.05, 4.69) is 12.2 Å². The second-order valence-corrected chi connectivity index (χ2v) is 9.93. The lowest BCUT2D eigenvalue weighted by molar-refractivity contribution is -0.122. The minimum Gasteiger partial charge on any atom is -0.494 e. The van der Waals surface area contributed by atoms with Gasteiger partial charge in [0.1, 0.15) is 5.75 Å². The molecule has 7 heteroatoms. The zero-order valence-electron chi connectivity index (χ0n) is 18.1. The molecule has 1 saturated heterocycles. The molecule has 1 amide bonds. The van der Waals surface area contributed by atoms with Crippen LogP contribution in [-0.2, 0) is 21.4 Å². The van der Waals surface area contributed by atoms with E-state index >= 15 is 0 Å². The first kappa shape index (κ1) is 23.3. The summed E-state index contributed by atoms with van der Waals surface area (Å²) in [5.74, 6) is 1.06. The summed E-state index contributed by atoms with van der Waals surface area (Å²) < 4.78 is 32.6. The number of carbonyl (C=O) groups is 1. The lowest BCUT2D eigenvalue weighted by Gasteiger charge is -2.31. The third-order valence-electron chi connectivity index (χ3n) is 5.61. The number of unbranched alkanes of at least 4 members (excludes halogenated alkanes) is 1. The summed E-state index contributed by atoms with van der Waals surface area (Å²) in [5, 5.41) is 2.97. The van der Waals surface area contributed by atoms with Crippen molar-refractivity contribution < 1.29 is 17.9 Å². The Kier molecular flexibility index (Phi) is 8.49. The van der Waals surface area contributed by atoms with Crippen molar-refractivity contribution in [2.45, 2.75) is 50.5 Å². The van der Waals surface area contributed by atoms with E-state index in [0.29, 0.717) is 43.8 Å². The highest BCUT2D eigenvalue weighted by molar-refractivity contribution is 7.89. The second kappa shape index (κ2) is 11.3. The average Bonchev–Trinajstić information content (AvgIpc) is 2.80. The maximum Gasteiger partial charge on any atom is 0.243 e. The fraction of sp³-hybridized carbons (Fsp3) is 0.458. The molecule has 0 aliphatic carbocycles. The molecule has 0 saturated carbocycles. The van der Waals surface area contributed by atoms with Crippen LogP contribution >= 0.6 is 0 Å². The number of nitrogens with one attached hydrogen (secondary N) is 1. The zero-order chi connectivity index (χ0) is 22.1. The molecule has 0 bridgehead atoms. The smallest absolute Gasteiger partial charge is 0.243 e. The van der Waals surface area contributed by atoms with Gasteiger partial charge in [-0.15, -0.1) is 0 Å². The SMILES string of the molecule is CCCCOc1ccc(CNC(=O)CC2CCN(S(=O)(=O)c3ccccc3)CC2)cc1. The van der Waals surface area contributed by atoms with Crippen molar-refractivity contribution in [3.63, 3.8) is 0 Å². The van der Waals surface area contributed by atoms with Crippen LogP contribution in [0.5, 0.6) is 5.75 Å². The number of amides is 1. The summed E-state index contributed by atoms with van der Waals surface area (Å²) in [5.41, 5.74) is 1.03. The quantitative estimate of drug-likeness (QED) is 0.563. The molecule has 2 aromatic carbocycles. The lowest BCUT2D eigenvalue weighted by Crippen LogP contribution is -2.39. The minimum absolute atomic E-state index is 0.00707. The zero-order valence-corrected chi connectivity index (χ0v) is 18.9. The van der Waals surface area contributed by atoms with E-state index in [1.165, 1.54) is 4.31 Å². The standard InChI is InChI=1S/C24H32N2O4S/c1-2-3-17-30-22-11-9-21(10-12-22)19-25-24(27)18-20-13-15-26(16-14-20)31(28,29)23-7-5-4-6-8-23/h4-12,20H,2-3,13-19H2,1H3,(H,25,27). The molecular formula is C24H32N2O4S. The first-order valence-corrected chi connectivity index (χ1v) is 12.5. The molecule has 0 spiro atoms. The number of sulfonamides is 1. The van der Waals surface area contributed by atoms with Crippen LogP contribution in [-0.4, -0.2) is 38.3 Å². The van der Waals surface area contributed by atoms with Crippen LogP contribution in [0.15, 0.2) is 59.5 Å². The summed E-state index contributed by atoms with van der Waals surface area (Å²) in [6.45, 7) is 4.24. The fourth-order valence-electron chi connectivity index (χ4n) is 3.67. The summed E-state index contributed by atoms with van der Waals surface area (Å²) >= 11 is 0. The maximum atomic E-state index is 12.7. The van der Waals surface area contributed by atoms with Crippen LogP contribution in [0.1, 0.15) is 44.6 Å². The van der Waals surface area contributed by atoms with Crippen molar-refractivity contribution in [3.05, 3.63) is 60.2 Å². The molecule has 1 fully saturated rings. The van der Waals surface area contributed by atoms with Crippen molar-refractivity contribution in [2.24, 2.45) is 5.92 Å². The van der Waals surface area contributed by atoms with E-state index in [9.17, 15) is 13.2 Å². The molecule has 1 heterocycles. The van der Waals surface area contributed by atoms with Gasteiger partial charge in [-0.05, 0) is 55.0 Å². The first-order chi connectivity index (χ1) is 15.0. The topological polar surface area (TPSA) is 75.7 Å².